The minimum atomic E-state index is -0.390. The summed E-state index contributed by atoms with van der Waals surface area (Å²) in [5.74, 6) is 0. The largest absolute Gasteiger partial charge is 0.331 e. The predicted molar refractivity (Wildman–Crippen MR) is 76.3 cm³/mol. The van der Waals surface area contributed by atoms with Crippen LogP contribution in [0.4, 0.5) is 5.69 Å². The Balaban J connectivity index is 1.89. The van der Waals surface area contributed by atoms with Crippen LogP contribution in [0.2, 0.25) is 0 Å². The first-order valence-electron chi connectivity index (χ1n) is 6.52. The summed E-state index contributed by atoms with van der Waals surface area (Å²) in [6, 6.07) is 6.97. The number of aromatic nitrogens is 2. The number of nitrogens with one attached hydrogen (secondary N) is 1. The summed E-state index contributed by atoms with van der Waals surface area (Å²) in [5.41, 5.74) is 2.26. The highest BCUT2D eigenvalue weighted by Crippen LogP contribution is 2.12. The lowest BCUT2D eigenvalue weighted by atomic mass is 10.2. The molecule has 2 rings (SSSR count). The molecule has 0 saturated heterocycles. The zero-order valence-electron chi connectivity index (χ0n) is 11.6. The summed E-state index contributed by atoms with van der Waals surface area (Å²) in [6.45, 7) is 5.61. The molecule has 1 aromatic carbocycles. The molecule has 0 atom stereocenters. The standard InChI is InChI=1S/C14H18N4O2/c1-11(2)17-10-16-9-14(17)8-15-7-12-3-5-13(6-4-12)18(19)20/h3-6,9-11,15H,7-8H2,1-2H3. The minimum Gasteiger partial charge on any atom is -0.331 e. The molecule has 6 nitrogen and oxygen atoms in total. The van der Waals surface area contributed by atoms with Crippen molar-refractivity contribution in [3.8, 4) is 0 Å². The second kappa shape index (κ2) is 6.29. The number of non-ortho nitro benzene ring substituents is 1. The van der Waals surface area contributed by atoms with Crippen LogP contribution in [-0.4, -0.2) is 14.5 Å². The molecule has 6 heteroatoms. The molecule has 20 heavy (non-hydrogen) atoms. The van der Waals surface area contributed by atoms with Gasteiger partial charge in [-0.3, -0.25) is 10.1 Å². The Kier molecular flexibility index (Phi) is 4.47. The van der Waals surface area contributed by atoms with Crippen molar-refractivity contribution in [3.63, 3.8) is 0 Å². The predicted octanol–water partition coefficient (Wildman–Crippen LogP) is 2.66. The maximum atomic E-state index is 10.6. The van der Waals surface area contributed by atoms with Crippen molar-refractivity contribution < 1.29 is 4.92 Å². The van der Waals surface area contributed by atoms with Crippen molar-refractivity contribution in [3.05, 3.63) is 58.2 Å². The van der Waals surface area contributed by atoms with Gasteiger partial charge in [0.25, 0.3) is 5.69 Å². The van der Waals surface area contributed by atoms with E-state index < -0.39 is 4.92 Å². The van der Waals surface area contributed by atoms with Gasteiger partial charge < -0.3 is 9.88 Å². The highest BCUT2D eigenvalue weighted by Gasteiger charge is 2.06. The number of benzene rings is 1. The van der Waals surface area contributed by atoms with Crippen molar-refractivity contribution >= 4 is 5.69 Å². The SMILES string of the molecule is CC(C)n1cncc1CNCc1ccc([N+](=O)[O-])cc1. The molecule has 1 N–H and O–H groups in total. The van der Waals surface area contributed by atoms with Gasteiger partial charge in [-0.25, -0.2) is 4.98 Å². The molecule has 106 valence electrons. The zero-order valence-corrected chi connectivity index (χ0v) is 11.6. The fraction of sp³-hybridized carbons (Fsp3) is 0.357. The second-order valence-corrected chi connectivity index (χ2v) is 4.91. The molecule has 0 aliphatic carbocycles. The molecule has 0 aliphatic rings. The lowest BCUT2D eigenvalue weighted by molar-refractivity contribution is -0.384. The van der Waals surface area contributed by atoms with E-state index in [2.05, 4.69) is 28.7 Å². The third kappa shape index (κ3) is 3.42. The summed E-state index contributed by atoms with van der Waals surface area (Å²) in [7, 11) is 0. The molecule has 1 aromatic heterocycles. The lowest BCUT2D eigenvalue weighted by Gasteiger charge is -2.12. The summed E-state index contributed by atoms with van der Waals surface area (Å²) in [6.07, 6.45) is 3.68. The molecule has 0 amide bonds. The van der Waals surface area contributed by atoms with Crippen molar-refractivity contribution in [1.82, 2.24) is 14.9 Å². The Hall–Kier alpha value is -2.21. The first kappa shape index (κ1) is 14.2. The van der Waals surface area contributed by atoms with E-state index >= 15 is 0 Å². The summed E-state index contributed by atoms with van der Waals surface area (Å²) in [4.78, 5) is 14.3. The molecular formula is C14H18N4O2. The maximum Gasteiger partial charge on any atom is 0.269 e. The van der Waals surface area contributed by atoms with Gasteiger partial charge in [-0.2, -0.15) is 0 Å². The van der Waals surface area contributed by atoms with Crippen LogP contribution in [0.5, 0.6) is 0 Å². The van der Waals surface area contributed by atoms with E-state index in [0.717, 1.165) is 17.8 Å². The van der Waals surface area contributed by atoms with Crippen molar-refractivity contribution in [2.45, 2.75) is 33.0 Å². The van der Waals surface area contributed by atoms with E-state index in [0.29, 0.717) is 12.6 Å². The smallest absolute Gasteiger partial charge is 0.269 e. The van der Waals surface area contributed by atoms with Gasteiger partial charge in [-0.05, 0) is 19.4 Å². The summed E-state index contributed by atoms with van der Waals surface area (Å²) >= 11 is 0. The van der Waals surface area contributed by atoms with E-state index in [4.69, 9.17) is 0 Å². The normalized spacial score (nSPS) is 10.9. The quantitative estimate of drug-likeness (QED) is 0.649. The Morgan fingerprint density at radius 2 is 2.00 bits per heavy atom. The number of nitro groups is 1. The molecule has 0 fully saturated rings. The van der Waals surface area contributed by atoms with E-state index in [9.17, 15) is 10.1 Å². The molecular weight excluding hydrogens is 256 g/mol. The zero-order chi connectivity index (χ0) is 14.5. The van der Waals surface area contributed by atoms with Crippen LogP contribution < -0.4 is 5.32 Å². The van der Waals surface area contributed by atoms with Crippen LogP contribution in [0.3, 0.4) is 0 Å². The van der Waals surface area contributed by atoms with E-state index in [-0.39, 0.29) is 5.69 Å². The van der Waals surface area contributed by atoms with Crippen LogP contribution in [0, 0.1) is 10.1 Å². The van der Waals surface area contributed by atoms with Crippen molar-refractivity contribution in [1.29, 1.82) is 0 Å². The Morgan fingerprint density at radius 3 is 2.60 bits per heavy atom. The third-order valence-electron chi connectivity index (χ3n) is 3.09. The Labute approximate surface area is 117 Å². The fourth-order valence-corrected chi connectivity index (χ4v) is 2.00. The van der Waals surface area contributed by atoms with Gasteiger partial charge in [0.1, 0.15) is 0 Å². The number of hydrogen-bond donors (Lipinski definition) is 1. The monoisotopic (exact) mass is 274 g/mol. The molecule has 0 aliphatic heterocycles. The molecule has 2 aromatic rings. The number of rotatable bonds is 6. The third-order valence-corrected chi connectivity index (χ3v) is 3.09. The van der Waals surface area contributed by atoms with E-state index in [1.54, 1.807) is 12.1 Å². The number of hydrogen-bond acceptors (Lipinski definition) is 4. The van der Waals surface area contributed by atoms with E-state index in [1.165, 1.54) is 12.1 Å². The molecule has 0 saturated carbocycles. The Bertz CT molecular complexity index is 575. The molecule has 1 heterocycles. The number of imidazole rings is 1. The number of nitro benzene ring substituents is 1. The van der Waals surface area contributed by atoms with Crippen LogP contribution in [-0.2, 0) is 13.1 Å². The highest BCUT2D eigenvalue weighted by molar-refractivity contribution is 5.32. The molecule has 0 unspecified atom stereocenters. The van der Waals surface area contributed by atoms with Gasteiger partial charge in [0.2, 0.25) is 0 Å². The summed E-state index contributed by atoms with van der Waals surface area (Å²) in [5, 5.41) is 13.9. The van der Waals surface area contributed by atoms with Gasteiger partial charge in [0.15, 0.2) is 0 Å². The van der Waals surface area contributed by atoms with Crippen molar-refractivity contribution in [2.75, 3.05) is 0 Å². The van der Waals surface area contributed by atoms with Crippen LogP contribution in [0.1, 0.15) is 31.1 Å². The molecule has 0 radical (unpaired) electrons. The molecule has 0 spiro atoms. The lowest BCUT2D eigenvalue weighted by Crippen LogP contribution is -2.16. The average molecular weight is 274 g/mol. The second-order valence-electron chi connectivity index (χ2n) is 4.91. The topological polar surface area (TPSA) is 73.0 Å². The number of nitrogens with zero attached hydrogens (tertiary/aromatic N) is 3. The molecule has 0 bridgehead atoms. The van der Waals surface area contributed by atoms with Crippen LogP contribution in [0.25, 0.3) is 0 Å². The van der Waals surface area contributed by atoms with E-state index in [1.807, 2.05) is 12.5 Å². The van der Waals surface area contributed by atoms with Gasteiger partial charge in [-0.15, -0.1) is 0 Å². The Morgan fingerprint density at radius 1 is 1.30 bits per heavy atom. The highest BCUT2D eigenvalue weighted by atomic mass is 16.6. The average Bonchev–Trinajstić information content (AvgIpc) is 2.88. The van der Waals surface area contributed by atoms with Crippen LogP contribution in [0.15, 0.2) is 36.8 Å². The summed E-state index contributed by atoms with van der Waals surface area (Å²) < 4.78 is 2.11. The van der Waals surface area contributed by atoms with Crippen LogP contribution >= 0.6 is 0 Å². The first-order chi connectivity index (χ1) is 9.58. The minimum absolute atomic E-state index is 0.117. The van der Waals surface area contributed by atoms with Gasteiger partial charge in [-0.1, -0.05) is 12.1 Å². The maximum absolute atomic E-state index is 10.6. The van der Waals surface area contributed by atoms with Gasteiger partial charge >= 0.3 is 0 Å². The first-order valence-corrected chi connectivity index (χ1v) is 6.52. The van der Waals surface area contributed by atoms with Gasteiger partial charge in [0.05, 0.1) is 16.9 Å². The fourth-order valence-electron chi connectivity index (χ4n) is 2.00. The van der Waals surface area contributed by atoms with Gasteiger partial charge in [0, 0.05) is 37.5 Å². The van der Waals surface area contributed by atoms with Crippen molar-refractivity contribution in [2.24, 2.45) is 0 Å².